The van der Waals surface area contributed by atoms with Crippen molar-refractivity contribution in [2.75, 3.05) is 13.7 Å². The van der Waals surface area contributed by atoms with Crippen LogP contribution in [-0.2, 0) is 20.7 Å². The number of fused-ring (bicyclic) bond motifs is 3. The summed E-state index contributed by atoms with van der Waals surface area (Å²) in [7, 11) is 1.40. The van der Waals surface area contributed by atoms with Crippen molar-refractivity contribution < 1.29 is 14.3 Å². The number of benzene rings is 1. The van der Waals surface area contributed by atoms with Crippen molar-refractivity contribution in [3.8, 4) is 0 Å². The molecule has 1 fully saturated rings. The quantitative estimate of drug-likeness (QED) is 0.457. The Morgan fingerprint density at radius 2 is 2.15 bits per heavy atom. The molecule has 3 atom stereocenters. The van der Waals surface area contributed by atoms with Gasteiger partial charge in [-0.2, -0.15) is 0 Å². The largest absolute Gasteiger partial charge is 0.467 e. The summed E-state index contributed by atoms with van der Waals surface area (Å²) in [5.74, 6) is -0.167. The third-order valence-electron chi connectivity index (χ3n) is 5.93. The zero-order valence-electron chi connectivity index (χ0n) is 15.5. The first kappa shape index (κ1) is 18.3. The molecular formula is C21H23BrN2O3. The second kappa shape index (κ2) is 6.82. The zero-order chi connectivity index (χ0) is 19.2. The lowest BCUT2D eigenvalue weighted by atomic mass is 9.80. The molecule has 1 saturated heterocycles. The number of nitrogens with one attached hydrogen (secondary N) is 1. The van der Waals surface area contributed by atoms with Gasteiger partial charge in [-0.25, -0.2) is 4.79 Å². The van der Waals surface area contributed by atoms with E-state index in [0.717, 1.165) is 22.9 Å². The summed E-state index contributed by atoms with van der Waals surface area (Å²) in [5.41, 5.74) is 2.15. The molecule has 0 saturated carbocycles. The van der Waals surface area contributed by atoms with Crippen LogP contribution in [0.1, 0.15) is 25.3 Å². The lowest BCUT2D eigenvalue weighted by Crippen LogP contribution is -2.53. The molecular weight excluding hydrogens is 408 g/mol. The SMILES string of the molecule is CCC1=C[C@]2(C(=O)OC)C[C@@H](CN2C(=O)Cc2c[nH]c3ccccc23)[C@@H]1Br. The standard InChI is InChI=1S/C21H23BrN2O3/c1-3-13-9-21(20(26)27-2)10-15(19(13)22)12-24(21)18(25)8-14-11-23-17-7-5-4-6-16(14)17/h4-7,9,11,15,19,23H,3,8,10,12H2,1-2H3/t15-,19+,21+/m0/s1. The molecule has 6 heteroatoms. The van der Waals surface area contributed by atoms with Gasteiger partial charge in [-0.1, -0.05) is 46.6 Å². The van der Waals surface area contributed by atoms with E-state index >= 15 is 0 Å². The van der Waals surface area contributed by atoms with Crippen molar-refractivity contribution in [1.29, 1.82) is 0 Å². The Hall–Kier alpha value is -2.08. The number of H-pyrrole nitrogens is 1. The molecule has 1 N–H and O–H groups in total. The molecule has 0 spiro atoms. The van der Waals surface area contributed by atoms with Gasteiger partial charge in [0.15, 0.2) is 5.54 Å². The predicted octanol–water partition coefficient (Wildman–Crippen LogP) is 3.58. The molecule has 2 bridgehead atoms. The van der Waals surface area contributed by atoms with E-state index in [0.29, 0.717) is 13.0 Å². The number of hydrogen-bond acceptors (Lipinski definition) is 3. The molecule has 4 rings (SSSR count). The summed E-state index contributed by atoms with van der Waals surface area (Å²) in [6.45, 7) is 2.64. The van der Waals surface area contributed by atoms with Crippen LogP contribution < -0.4 is 0 Å². The van der Waals surface area contributed by atoms with E-state index in [2.05, 4.69) is 27.8 Å². The number of methoxy groups -OCH3 is 1. The third-order valence-corrected chi connectivity index (χ3v) is 7.26. The molecule has 142 valence electrons. The third kappa shape index (κ3) is 2.81. The number of hydrogen-bond donors (Lipinski definition) is 1. The lowest BCUT2D eigenvalue weighted by Gasteiger charge is -2.35. The first-order valence-electron chi connectivity index (χ1n) is 9.29. The van der Waals surface area contributed by atoms with Crippen molar-refractivity contribution in [3.63, 3.8) is 0 Å². The number of carbonyl (C=O) groups excluding carboxylic acids is 2. The van der Waals surface area contributed by atoms with Gasteiger partial charge < -0.3 is 14.6 Å². The smallest absolute Gasteiger partial charge is 0.335 e. The van der Waals surface area contributed by atoms with Crippen LogP contribution >= 0.6 is 15.9 Å². The number of esters is 1. The number of carbonyl (C=O) groups is 2. The highest BCUT2D eigenvalue weighted by Gasteiger charge is 2.57. The van der Waals surface area contributed by atoms with Gasteiger partial charge in [-0.05, 0) is 36.5 Å². The van der Waals surface area contributed by atoms with Crippen LogP contribution in [0.4, 0.5) is 0 Å². The van der Waals surface area contributed by atoms with Crippen molar-refractivity contribution in [2.45, 2.75) is 36.6 Å². The zero-order valence-corrected chi connectivity index (χ0v) is 17.1. The minimum atomic E-state index is -0.974. The summed E-state index contributed by atoms with van der Waals surface area (Å²) in [6.07, 6.45) is 5.57. The molecule has 0 radical (unpaired) electrons. The van der Waals surface area contributed by atoms with Crippen LogP contribution in [0.5, 0.6) is 0 Å². The summed E-state index contributed by atoms with van der Waals surface area (Å²) < 4.78 is 5.13. The van der Waals surface area contributed by atoms with E-state index < -0.39 is 5.54 Å². The topological polar surface area (TPSA) is 62.4 Å². The lowest BCUT2D eigenvalue weighted by molar-refractivity contribution is -0.155. The number of allylic oxidation sites excluding steroid dienone is 1. The fourth-order valence-electron chi connectivity index (χ4n) is 4.58. The van der Waals surface area contributed by atoms with Gasteiger partial charge in [0.1, 0.15) is 0 Å². The number of alkyl halides is 1. The summed E-state index contributed by atoms with van der Waals surface area (Å²) in [4.78, 5) is 31.2. The van der Waals surface area contributed by atoms with Gasteiger partial charge in [-0.3, -0.25) is 4.79 Å². The van der Waals surface area contributed by atoms with Crippen LogP contribution in [0.2, 0.25) is 0 Å². The molecule has 1 amide bonds. The van der Waals surface area contributed by atoms with Crippen LogP contribution in [0.15, 0.2) is 42.1 Å². The van der Waals surface area contributed by atoms with Crippen molar-refractivity contribution >= 4 is 38.7 Å². The molecule has 2 heterocycles. The number of aromatic amines is 1. The normalized spacial score (nSPS) is 26.9. The highest BCUT2D eigenvalue weighted by molar-refractivity contribution is 9.09. The molecule has 2 aliphatic rings. The van der Waals surface area contributed by atoms with E-state index in [1.807, 2.05) is 36.5 Å². The van der Waals surface area contributed by atoms with Gasteiger partial charge in [0.05, 0.1) is 13.5 Å². The number of halogens is 1. The van der Waals surface area contributed by atoms with E-state index in [4.69, 9.17) is 4.74 Å². The molecule has 5 nitrogen and oxygen atoms in total. The fourth-order valence-corrected chi connectivity index (χ4v) is 5.39. The monoisotopic (exact) mass is 430 g/mol. The van der Waals surface area contributed by atoms with Crippen LogP contribution in [0.3, 0.4) is 0 Å². The molecule has 27 heavy (non-hydrogen) atoms. The molecule has 2 aromatic rings. The number of para-hydroxylation sites is 1. The van der Waals surface area contributed by atoms with Crippen LogP contribution in [-0.4, -0.2) is 45.8 Å². The Balaban J connectivity index is 1.69. The number of amides is 1. The number of likely N-dealkylation sites (tertiary alicyclic amines) is 1. The minimum Gasteiger partial charge on any atom is -0.467 e. The Labute approximate surface area is 166 Å². The molecule has 1 aliphatic heterocycles. The second-order valence-electron chi connectivity index (χ2n) is 7.40. The minimum absolute atomic E-state index is 0.0408. The number of ether oxygens (including phenoxy) is 1. The van der Waals surface area contributed by atoms with Gasteiger partial charge in [0, 0.05) is 28.5 Å². The van der Waals surface area contributed by atoms with Gasteiger partial charge in [0.25, 0.3) is 0 Å². The van der Waals surface area contributed by atoms with Crippen molar-refractivity contribution in [2.24, 2.45) is 5.92 Å². The molecule has 0 unspecified atom stereocenters. The van der Waals surface area contributed by atoms with Crippen LogP contribution in [0, 0.1) is 5.92 Å². The second-order valence-corrected chi connectivity index (χ2v) is 8.38. The highest BCUT2D eigenvalue weighted by Crippen LogP contribution is 2.47. The number of rotatable bonds is 4. The Bertz CT molecular complexity index is 934. The van der Waals surface area contributed by atoms with Gasteiger partial charge in [-0.15, -0.1) is 0 Å². The summed E-state index contributed by atoms with van der Waals surface area (Å²) in [6, 6.07) is 7.94. The van der Waals surface area contributed by atoms with E-state index in [9.17, 15) is 9.59 Å². The Kier molecular flexibility index (Phi) is 4.62. The molecule has 1 aliphatic carbocycles. The van der Waals surface area contributed by atoms with Crippen LogP contribution in [0.25, 0.3) is 10.9 Å². The summed E-state index contributed by atoms with van der Waals surface area (Å²) in [5, 5.41) is 1.04. The maximum atomic E-state index is 13.3. The Morgan fingerprint density at radius 3 is 2.89 bits per heavy atom. The first-order chi connectivity index (χ1) is 13.0. The Morgan fingerprint density at radius 1 is 1.37 bits per heavy atom. The summed E-state index contributed by atoms with van der Waals surface area (Å²) >= 11 is 3.77. The molecule has 1 aromatic heterocycles. The maximum Gasteiger partial charge on any atom is 0.335 e. The van der Waals surface area contributed by atoms with Gasteiger partial charge >= 0.3 is 5.97 Å². The van der Waals surface area contributed by atoms with E-state index in [1.54, 1.807) is 4.90 Å². The van der Waals surface area contributed by atoms with Gasteiger partial charge in [0.2, 0.25) is 5.91 Å². The average Bonchev–Trinajstić information content (AvgIpc) is 3.25. The predicted molar refractivity (Wildman–Crippen MR) is 108 cm³/mol. The van der Waals surface area contributed by atoms with E-state index in [1.165, 1.54) is 12.7 Å². The molecule has 1 aromatic carbocycles. The van der Waals surface area contributed by atoms with Crippen molar-refractivity contribution in [3.05, 3.63) is 47.7 Å². The number of nitrogens with zero attached hydrogens (tertiary/aromatic N) is 1. The average molecular weight is 431 g/mol. The first-order valence-corrected chi connectivity index (χ1v) is 10.2. The van der Waals surface area contributed by atoms with E-state index in [-0.39, 0.29) is 29.0 Å². The maximum absolute atomic E-state index is 13.3. The fraction of sp³-hybridized carbons (Fsp3) is 0.429. The number of aromatic nitrogens is 1. The highest BCUT2D eigenvalue weighted by atomic mass is 79.9. The van der Waals surface area contributed by atoms with Crippen molar-refractivity contribution in [1.82, 2.24) is 9.88 Å².